The first-order valence-electron chi connectivity index (χ1n) is 3.06. The summed E-state index contributed by atoms with van der Waals surface area (Å²) in [5.74, 6) is 5.04. The Morgan fingerprint density at radius 2 is 2.09 bits per heavy atom. The Morgan fingerprint density at radius 3 is 2.55 bits per heavy atom. The Hall–Kier alpha value is -0.790. The highest BCUT2D eigenvalue weighted by molar-refractivity contribution is 7.85. The molecular weight excluding hydrogens is 164 g/mol. The maximum atomic E-state index is 10.1. The zero-order valence-corrected chi connectivity index (χ0v) is 7.06. The molecule has 0 saturated heterocycles. The average molecular weight is 174 g/mol. The van der Waals surface area contributed by atoms with E-state index >= 15 is 0 Å². The van der Waals surface area contributed by atoms with E-state index in [1.165, 1.54) is 6.08 Å². The number of rotatable bonds is 3. The van der Waals surface area contributed by atoms with Gasteiger partial charge >= 0.3 is 0 Å². The van der Waals surface area contributed by atoms with Gasteiger partial charge in [-0.25, -0.2) is 0 Å². The molecule has 0 aliphatic rings. The summed E-state index contributed by atoms with van der Waals surface area (Å²) in [6.45, 7) is 1.70. The van der Waals surface area contributed by atoms with Gasteiger partial charge in [-0.1, -0.05) is 18.1 Å². The van der Waals surface area contributed by atoms with Crippen molar-refractivity contribution in [1.29, 1.82) is 0 Å². The van der Waals surface area contributed by atoms with E-state index in [9.17, 15) is 8.42 Å². The minimum atomic E-state index is -3.85. The van der Waals surface area contributed by atoms with E-state index in [1.807, 2.05) is 0 Å². The molecule has 0 rings (SSSR count). The topological polar surface area (TPSA) is 54.4 Å². The van der Waals surface area contributed by atoms with Crippen LogP contribution in [0, 0.1) is 11.8 Å². The summed E-state index contributed by atoms with van der Waals surface area (Å²) in [6.07, 6.45) is 3.50. The predicted molar refractivity (Wildman–Crippen MR) is 43.6 cm³/mol. The lowest BCUT2D eigenvalue weighted by Crippen LogP contribution is -1.99. The van der Waals surface area contributed by atoms with E-state index < -0.39 is 10.1 Å². The third kappa shape index (κ3) is 9.21. The lowest BCUT2D eigenvalue weighted by molar-refractivity contribution is 0.486. The van der Waals surface area contributed by atoms with E-state index in [0.29, 0.717) is 6.42 Å². The van der Waals surface area contributed by atoms with Crippen LogP contribution in [0.4, 0.5) is 0 Å². The Bertz CT molecular complexity index is 277. The summed E-state index contributed by atoms with van der Waals surface area (Å²) in [7, 11) is -3.85. The van der Waals surface area contributed by atoms with Gasteiger partial charge in [0, 0.05) is 6.42 Å². The summed E-state index contributed by atoms with van der Waals surface area (Å²) in [5, 5.41) is 0. The van der Waals surface area contributed by atoms with E-state index in [2.05, 4.69) is 11.8 Å². The molecule has 0 aliphatic carbocycles. The molecule has 0 spiro atoms. The Labute approximate surface area is 66.9 Å². The quantitative estimate of drug-likeness (QED) is 0.392. The van der Waals surface area contributed by atoms with Gasteiger partial charge in [0.1, 0.15) is 0 Å². The lowest BCUT2D eigenvalue weighted by atomic mass is 10.4. The zero-order valence-electron chi connectivity index (χ0n) is 6.24. The smallest absolute Gasteiger partial charge is 0.268 e. The monoisotopic (exact) mass is 174 g/mol. The fraction of sp³-hybridized carbons (Fsp3) is 0.429. The normalized spacial score (nSPS) is 11.1. The first-order chi connectivity index (χ1) is 5.06. The number of hydrogen-bond donors (Lipinski definition) is 1. The number of hydrogen-bond acceptors (Lipinski definition) is 2. The SMILES string of the molecule is CC#CCC=CCS(=O)(=O)O. The maximum Gasteiger partial charge on any atom is 0.268 e. The van der Waals surface area contributed by atoms with Crippen molar-refractivity contribution in [3.05, 3.63) is 12.2 Å². The summed E-state index contributed by atoms with van der Waals surface area (Å²) < 4.78 is 28.5. The largest absolute Gasteiger partial charge is 0.285 e. The van der Waals surface area contributed by atoms with Crippen LogP contribution in [0.1, 0.15) is 13.3 Å². The summed E-state index contributed by atoms with van der Waals surface area (Å²) in [5.41, 5.74) is 0. The molecule has 62 valence electrons. The molecule has 0 atom stereocenters. The van der Waals surface area contributed by atoms with Crippen molar-refractivity contribution in [3.8, 4) is 11.8 Å². The highest BCUT2D eigenvalue weighted by atomic mass is 32.2. The second-order valence-electron chi connectivity index (χ2n) is 1.85. The van der Waals surface area contributed by atoms with Crippen molar-refractivity contribution < 1.29 is 13.0 Å². The van der Waals surface area contributed by atoms with Crippen LogP contribution in [0.15, 0.2) is 12.2 Å². The van der Waals surface area contributed by atoms with Gasteiger partial charge in [-0.05, 0) is 6.92 Å². The van der Waals surface area contributed by atoms with Crippen molar-refractivity contribution in [3.63, 3.8) is 0 Å². The molecule has 4 heteroatoms. The van der Waals surface area contributed by atoms with Gasteiger partial charge in [-0.3, -0.25) is 4.55 Å². The zero-order chi connectivity index (χ0) is 8.74. The third-order valence-corrected chi connectivity index (χ3v) is 1.48. The molecule has 3 nitrogen and oxygen atoms in total. The average Bonchev–Trinajstić information content (AvgIpc) is 1.85. The van der Waals surface area contributed by atoms with Crippen LogP contribution < -0.4 is 0 Å². The van der Waals surface area contributed by atoms with E-state index in [1.54, 1.807) is 13.0 Å². The first kappa shape index (κ1) is 10.2. The molecule has 0 aromatic heterocycles. The number of allylic oxidation sites excluding steroid dienone is 1. The second kappa shape index (κ2) is 4.94. The predicted octanol–water partition coefficient (Wildman–Crippen LogP) is 0.844. The molecule has 0 aromatic rings. The minimum absolute atomic E-state index is 0.335. The van der Waals surface area contributed by atoms with Crippen molar-refractivity contribution in [2.45, 2.75) is 13.3 Å². The fourth-order valence-corrected chi connectivity index (χ4v) is 0.813. The fourth-order valence-electron chi connectivity index (χ4n) is 0.434. The Balaban J connectivity index is 3.68. The lowest BCUT2D eigenvalue weighted by Gasteiger charge is -1.85. The van der Waals surface area contributed by atoms with Gasteiger partial charge in [0.25, 0.3) is 10.1 Å². The molecule has 0 aromatic carbocycles. The van der Waals surface area contributed by atoms with Crippen LogP contribution in [-0.4, -0.2) is 18.7 Å². The highest BCUT2D eigenvalue weighted by Gasteiger charge is 1.97. The molecule has 1 N–H and O–H groups in total. The van der Waals surface area contributed by atoms with Gasteiger partial charge in [-0.2, -0.15) is 8.42 Å². The van der Waals surface area contributed by atoms with Crippen molar-refractivity contribution in [2.24, 2.45) is 0 Å². The van der Waals surface area contributed by atoms with Gasteiger partial charge in [0.2, 0.25) is 0 Å². The molecule has 0 radical (unpaired) electrons. The standard InChI is InChI=1S/C7H10O3S/c1-2-3-4-5-6-7-11(8,9)10/h5-6H,4,7H2,1H3,(H,8,9,10). The van der Waals surface area contributed by atoms with Gasteiger partial charge in [0.15, 0.2) is 0 Å². The molecule has 0 bridgehead atoms. The highest BCUT2D eigenvalue weighted by Crippen LogP contribution is 1.85. The Kier molecular flexibility index (Phi) is 4.59. The molecule has 0 saturated carbocycles. The molecule has 0 heterocycles. The summed E-state index contributed by atoms with van der Waals surface area (Å²) in [6, 6.07) is 0. The molecule has 0 unspecified atom stereocenters. The van der Waals surface area contributed by atoms with E-state index in [0.717, 1.165) is 0 Å². The van der Waals surface area contributed by atoms with Crippen LogP contribution in [0.5, 0.6) is 0 Å². The molecular formula is C7H10O3S. The molecule has 0 fully saturated rings. The summed E-state index contributed by atoms with van der Waals surface area (Å²) >= 11 is 0. The molecule has 11 heavy (non-hydrogen) atoms. The van der Waals surface area contributed by atoms with Gasteiger partial charge in [-0.15, -0.1) is 5.92 Å². The van der Waals surface area contributed by atoms with Crippen molar-refractivity contribution >= 4 is 10.1 Å². The van der Waals surface area contributed by atoms with Gasteiger partial charge in [0.05, 0.1) is 5.75 Å². The van der Waals surface area contributed by atoms with Crippen LogP contribution >= 0.6 is 0 Å². The first-order valence-corrected chi connectivity index (χ1v) is 4.67. The van der Waals surface area contributed by atoms with Crippen LogP contribution in [0.25, 0.3) is 0 Å². The van der Waals surface area contributed by atoms with E-state index in [-0.39, 0.29) is 5.75 Å². The Morgan fingerprint density at radius 1 is 1.45 bits per heavy atom. The maximum absolute atomic E-state index is 10.1. The molecule has 0 aliphatic heterocycles. The molecule has 0 amide bonds. The van der Waals surface area contributed by atoms with Crippen molar-refractivity contribution in [2.75, 3.05) is 5.75 Å². The van der Waals surface area contributed by atoms with Crippen LogP contribution in [0.3, 0.4) is 0 Å². The summed E-state index contributed by atoms with van der Waals surface area (Å²) in [4.78, 5) is 0. The third-order valence-electron chi connectivity index (χ3n) is 0.870. The van der Waals surface area contributed by atoms with Crippen molar-refractivity contribution in [1.82, 2.24) is 0 Å². The van der Waals surface area contributed by atoms with Crippen LogP contribution in [0.2, 0.25) is 0 Å². The minimum Gasteiger partial charge on any atom is -0.285 e. The second-order valence-corrected chi connectivity index (χ2v) is 3.35. The van der Waals surface area contributed by atoms with Crippen LogP contribution in [-0.2, 0) is 10.1 Å². The van der Waals surface area contributed by atoms with E-state index in [4.69, 9.17) is 4.55 Å². The van der Waals surface area contributed by atoms with Gasteiger partial charge < -0.3 is 0 Å².